The highest BCUT2D eigenvalue weighted by atomic mass is 16.5. The topological polar surface area (TPSA) is 82.1 Å². The van der Waals surface area contributed by atoms with Gasteiger partial charge in [-0.25, -0.2) is 4.79 Å². The van der Waals surface area contributed by atoms with Gasteiger partial charge in [0.1, 0.15) is 11.5 Å². The molecule has 1 aliphatic heterocycles. The third-order valence-corrected chi connectivity index (χ3v) is 6.22. The lowest BCUT2D eigenvalue weighted by molar-refractivity contribution is -0.117. The van der Waals surface area contributed by atoms with Crippen LogP contribution in [0.4, 0.5) is 5.69 Å². The highest BCUT2D eigenvalue weighted by molar-refractivity contribution is 5.92. The number of anilines is 1. The van der Waals surface area contributed by atoms with Gasteiger partial charge in [0.25, 0.3) is 0 Å². The Hall–Kier alpha value is -3.68. The number of rotatable bonds is 9. The Morgan fingerprint density at radius 2 is 1.69 bits per heavy atom. The number of carboxylic acids is 1. The van der Waals surface area contributed by atoms with E-state index in [1.165, 1.54) is 0 Å². The minimum absolute atomic E-state index is 0.0331. The standard InChI is InChI=1S/C28H31N3O4/c1-30(18-21-9-11-22(12-10-21)28(33)34)24-6-5-17-31(19-24)20-27(32)29-23-13-15-26(16-14-23)35-25-7-3-2-4-8-25/h2-4,7-16,24H,5-6,17-20H2,1H3,(H,29,32)(H,33,34). The maximum absolute atomic E-state index is 12.7. The van der Waals surface area contributed by atoms with Crippen LogP contribution in [0.25, 0.3) is 0 Å². The fraction of sp³-hybridized carbons (Fsp3) is 0.286. The Labute approximate surface area is 205 Å². The number of carbonyl (C=O) groups excluding carboxylic acids is 1. The Morgan fingerprint density at radius 3 is 2.37 bits per heavy atom. The average molecular weight is 474 g/mol. The first-order valence-corrected chi connectivity index (χ1v) is 11.8. The number of carbonyl (C=O) groups is 2. The van der Waals surface area contributed by atoms with Gasteiger partial charge in [0, 0.05) is 24.8 Å². The third kappa shape index (κ3) is 7.15. The largest absolute Gasteiger partial charge is 0.478 e. The van der Waals surface area contributed by atoms with E-state index in [2.05, 4.69) is 22.2 Å². The van der Waals surface area contributed by atoms with E-state index in [1.807, 2.05) is 66.7 Å². The molecule has 7 nitrogen and oxygen atoms in total. The molecule has 1 atom stereocenters. The molecule has 0 aliphatic carbocycles. The predicted molar refractivity (Wildman–Crippen MR) is 136 cm³/mol. The van der Waals surface area contributed by atoms with Crippen molar-refractivity contribution in [1.29, 1.82) is 0 Å². The molecule has 0 spiro atoms. The second kappa shape index (κ2) is 11.6. The molecule has 0 radical (unpaired) electrons. The van der Waals surface area contributed by atoms with Crippen LogP contribution in [0.15, 0.2) is 78.9 Å². The lowest BCUT2D eigenvalue weighted by Crippen LogP contribution is -2.48. The highest BCUT2D eigenvalue weighted by Crippen LogP contribution is 2.23. The van der Waals surface area contributed by atoms with E-state index in [1.54, 1.807) is 12.1 Å². The summed E-state index contributed by atoms with van der Waals surface area (Å²) in [6, 6.07) is 24.3. The molecular weight excluding hydrogens is 442 g/mol. The van der Waals surface area contributed by atoms with Crippen LogP contribution >= 0.6 is 0 Å². The molecular formula is C28H31N3O4. The number of likely N-dealkylation sites (tertiary alicyclic amines) is 1. The van der Waals surface area contributed by atoms with Crippen LogP contribution in [0.5, 0.6) is 11.5 Å². The summed E-state index contributed by atoms with van der Waals surface area (Å²) in [6.07, 6.45) is 2.11. The maximum atomic E-state index is 12.7. The molecule has 4 rings (SSSR count). The number of likely N-dealkylation sites (N-methyl/N-ethyl adjacent to an activating group) is 1. The molecule has 3 aromatic rings. The Morgan fingerprint density at radius 1 is 1.00 bits per heavy atom. The summed E-state index contributed by atoms with van der Waals surface area (Å²) in [6.45, 7) is 2.80. The molecule has 0 aromatic heterocycles. The van der Waals surface area contributed by atoms with E-state index < -0.39 is 5.97 Å². The summed E-state index contributed by atoms with van der Waals surface area (Å²) in [5, 5.41) is 12.0. The zero-order valence-corrected chi connectivity index (χ0v) is 19.9. The highest BCUT2D eigenvalue weighted by Gasteiger charge is 2.24. The first-order valence-electron chi connectivity index (χ1n) is 11.8. The van der Waals surface area contributed by atoms with E-state index in [-0.39, 0.29) is 5.91 Å². The second-order valence-corrected chi connectivity index (χ2v) is 8.94. The summed E-state index contributed by atoms with van der Waals surface area (Å²) < 4.78 is 5.80. The van der Waals surface area contributed by atoms with Crippen LogP contribution in [-0.2, 0) is 11.3 Å². The number of para-hydroxylation sites is 1. The van der Waals surface area contributed by atoms with Gasteiger partial charge in [0.05, 0.1) is 12.1 Å². The Balaban J connectivity index is 1.25. The van der Waals surface area contributed by atoms with Crippen molar-refractivity contribution in [2.75, 3.05) is 32.0 Å². The fourth-order valence-electron chi connectivity index (χ4n) is 4.34. The zero-order chi connectivity index (χ0) is 24.6. The minimum atomic E-state index is -0.914. The minimum Gasteiger partial charge on any atom is -0.478 e. The molecule has 35 heavy (non-hydrogen) atoms. The molecule has 2 N–H and O–H groups in total. The summed E-state index contributed by atoms with van der Waals surface area (Å²) in [5.41, 5.74) is 2.11. The number of nitrogens with zero attached hydrogens (tertiary/aromatic N) is 2. The smallest absolute Gasteiger partial charge is 0.335 e. The normalized spacial score (nSPS) is 16.1. The van der Waals surface area contributed by atoms with Crippen LogP contribution in [0.3, 0.4) is 0 Å². The number of nitrogens with one attached hydrogen (secondary N) is 1. The lowest BCUT2D eigenvalue weighted by Gasteiger charge is -2.37. The summed E-state index contributed by atoms with van der Waals surface area (Å²) in [5.74, 6) is 0.539. The van der Waals surface area contributed by atoms with E-state index in [9.17, 15) is 9.59 Å². The summed E-state index contributed by atoms with van der Waals surface area (Å²) in [7, 11) is 2.08. The van der Waals surface area contributed by atoms with Crippen LogP contribution in [0.2, 0.25) is 0 Å². The van der Waals surface area contributed by atoms with E-state index in [4.69, 9.17) is 9.84 Å². The molecule has 7 heteroatoms. The van der Waals surface area contributed by atoms with E-state index in [0.29, 0.717) is 23.9 Å². The monoisotopic (exact) mass is 473 g/mol. The maximum Gasteiger partial charge on any atom is 0.335 e. The summed E-state index contributed by atoms with van der Waals surface area (Å²) >= 11 is 0. The molecule has 1 fully saturated rings. The molecule has 182 valence electrons. The van der Waals surface area contributed by atoms with Gasteiger partial charge < -0.3 is 15.2 Å². The van der Waals surface area contributed by atoms with Crippen molar-refractivity contribution in [1.82, 2.24) is 9.80 Å². The average Bonchev–Trinajstić information content (AvgIpc) is 2.86. The SMILES string of the molecule is CN(Cc1ccc(C(=O)O)cc1)C1CCCN(CC(=O)Nc2ccc(Oc3ccccc3)cc2)C1. The van der Waals surface area contributed by atoms with Gasteiger partial charge >= 0.3 is 5.97 Å². The van der Waals surface area contributed by atoms with Gasteiger partial charge in [-0.2, -0.15) is 0 Å². The van der Waals surface area contributed by atoms with Crippen molar-refractivity contribution in [2.45, 2.75) is 25.4 Å². The molecule has 0 bridgehead atoms. The van der Waals surface area contributed by atoms with Crippen molar-refractivity contribution in [3.05, 3.63) is 90.0 Å². The second-order valence-electron chi connectivity index (χ2n) is 8.94. The van der Waals surface area contributed by atoms with Gasteiger partial charge in [-0.15, -0.1) is 0 Å². The first kappa shape index (κ1) is 24.4. The number of aromatic carboxylic acids is 1. The predicted octanol–water partition coefficient (Wildman–Crippen LogP) is 4.71. The van der Waals surface area contributed by atoms with E-state index in [0.717, 1.165) is 49.5 Å². The van der Waals surface area contributed by atoms with Crippen molar-refractivity contribution in [2.24, 2.45) is 0 Å². The van der Waals surface area contributed by atoms with E-state index >= 15 is 0 Å². The fourth-order valence-corrected chi connectivity index (χ4v) is 4.34. The number of ether oxygens (including phenoxy) is 1. The Kier molecular flexibility index (Phi) is 8.13. The number of carboxylic acid groups (broad SMARTS) is 1. The summed E-state index contributed by atoms with van der Waals surface area (Å²) in [4.78, 5) is 28.2. The molecule has 1 amide bonds. The molecule has 1 unspecified atom stereocenters. The molecule has 0 saturated carbocycles. The van der Waals surface area contributed by atoms with Crippen molar-refractivity contribution in [3.63, 3.8) is 0 Å². The number of hydrogen-bond acceptors (Lipinski definition) is 5. The van der Waals surface area contributed by atoms with Crippen molar-refractivity contribution >= 4 is 17.6 Å². The molecule has 1 saturated heterocycles. The Bertz CT molecular complexity index is 1120. The van der Waals surface area contributed by atoms with Crippen molar-refractivity contribution in [3.8, 4) is 11.5 Å². The number of hydrogen-bond donors (Lipinski definition) is 2. The number of benzene rings is 3. The van der Waals surface area contributed by atoms with Gasteiger partial charge in [0.2, 0.25) is 5.91 Å². The molecule has 3 aromatic carbocycles. The van der Waals surface area contributed by atoms with Crippen LogP contribution in [-0.4, -0.2) is 59.5 Å². The zero-order valence-electron chi connectivity index (χ0n) is 19.9. The van der Waals surface area contributed by atoms with Gasteiger partial charge in [-0.1, -0.05) is 30.3 Å². The first-order chi connectivity index (χ1) is 17.0. The quantitative estimate of drug-likeness (QED) is 0.468. The van der Waals surface area contributed by atoms with Gasteiger partial charge in [0.15, 0.2) is 0 Å². The molecule has 1 aliphatic rings. The molecule has 1 heterocycles. The van der Waals surface area contributed by atoms with Gasteiger partial charge in [-0.05, 0) is 80.5 Å². The number of amides is 1. The van der Waals surface area contributed by atoms with Crippen LogP contribution in [0.1, 0.15) is 28.8 Å². The lowest BCUT2D eigenvalue weighted by atomic mass is 10.0. The van der Waals surface area contributed by atoms with Gasteiger partial charge in [-0.3, -0.25) is 14.6 Å². The third-order valence-electron chi connectivity index (χ3n) is 6.22. The number of piperidine rings is 1. The van der Waals surface area contributed by atoms with Crippen molar-refractivity contribution < 1.29 is 19.4 Å². The van der Waals surface area contributed by atoms with Crippen LogP contribution < -0.4 is 10.1 Å². The van der Waals surface area contributed by atoms with Crippen LogP contribution in [0, 0.1) is 0 Å².